The van der Waals surface area contributed by atoms with E-state index in [0.717, 1.165) is 16.7 Å². The molecule has 1 N–H and O–H groups in total. The second-order valence-corrected chi connectivity index (χ2v) is 6.87. The molecule has 1 aliphatic rings. The Balaban J connectivity index is 1.49. The lowest BCUT2D eigenvalue weighted by Crippen LogP contribution is -2.43. The smallest absolute Gasteiger partial charge is 0.339 e. The monoisotopic (exact) mass is 371 g/mol. The molecule has 1 amide bonds. The van der Waals surface area contributed by atoms with Crippen molar-refractivity contribution in [1.29, 1.82) is 0 Å². The summed E-state index contributed by atoms with van der Waals surface area (Å²) in [5, 5.41) is 2.98. The molecule has 1 unspecified atom stereocenters. The minimum Gasteiger partial charge on any atom is -0.448 e. The number of fused-ring (bicyclic) bond motifs is 1. The molecule has 0 radical (unpaired) electrons. The minimum atomic E-state index is -0.797. The average Bonchev–Trinajstić information content (AvgIpc) is 2.75. The van der Waals surface area contributed by atoms with Crippen LogP contribution in [0.15, 0.2) is 84.9 Å². The van der Waals surface area contributed by atoms with Crippen molar-refractivity contribution >= 4 is 11.9 Å². The van der Waals surface area contributed by atoms with Gasteiger partial charge in [-0.05, 0) is 22.8 Å². The summed E-state index contributed by atoms with van der Waals surface area (Å²) >= 11 is 0. The minimum absolute atomic E-state index is 0.0259. The van der Waals surface area contributed by atoms with E-state index < -0.39 is 12.1 Å². The first-order valence-electron chi connectivity index (χ1n) is 9.39. The Kier molecular flexibility index (Phi) is 5.20. The van der Waals surface area contributed by atoms with Gasteiger partial charge in [-0.15, -0.1) is 0 Å². The topological polar surface area (TPSA) is 55.4 Å². The fraction of sp³-hybridized carbons (Fsp3) is 0.167. The Bertz CT molecular complexity index is 930. The molecule has 1 heterocycles. The van der Waals surface area contributed by atoms with Gasteiger partial charge >= 0.3 is 5.97 Å². The van der Waals surface area contributed by atoms with Crippen LogP contribution in [0.1, 0.15) is 33.0 Å². The Hall–Kier alpha value is -3.40. The molecule has 4 nitrogen and oxygen atoms in total. The first kappa shape index (κ1) is 18.0. The zero-order valence-electron chi connectivity index (χ0n) is 15.4. The SMILES string of the molecule is O=C1OC(C(=O)NCC(c2ccccc2)c2ccccc2)Cc2ccccc21. The summed E-state index contributed by atoms with van der Waals surface area (Å²) in [6.45, 7) is 0.433. The zero-order valence-corrected chi connectivity index (χ0v) is 15.4. The largest absolute Gasteiger partial charge is 0.448 e. The third-order valence-corrected chi connectivity index (χ3v) is 5.07. The van der Waals surface area contributed by atoms with Crippen LogP contribution in [0.25, 0.3) is 0 Å². The maximum absolute atomic E-state index is 12.7. The fourth-order valence-electron chi connectivity index (χ4n) is 3.59. The molecule has 4 heteroatoms. The molecule has 0 bridgehead atoms. The van der Waals surface area contributed by atoms with E-state index in [0.29, 0.717) is 18.5 Å². The van der Waals surface area contributed by atoms with Crippen molar-refractivity contribution < 1.29 is 14.3 Å². The van der Waals surface area contributed by atoms with E-state index in [1.165, 1.54) is 0 Å². The number of benzene rings is 3. The van der Waals surface area contributed by atoms with E-state index in [1.54, 1.807) is 12.1 Å². The molecule has 0 spiro atoms. The number of nitrogens with one attached hydrogen (secondary N) is 1. The van der Waals surface area contributed by atoms with E-state index in [1.807, 2.05) is 48.5 Å². The number of carbonyl (C=O) groups is 2. The van der Waals surface area contributed by atoms with Crippen LogP contribution >= 0.6 is 0 Å². The number of ether oxygens (including phenoxy) is 1. The van der Waals surface area contributed by atoms with Crippen LogP contribution in [0, 0.1) is 0 Å². The molecule has 0 aromatic heterocycles. The normalized spacial score (nSPS) is 15.6. The van der Waals surface area contributed by atoms with Crippen molar-refractivity contribution in [2.24, 2.45) is 0 Å². The molecule has 0 saturated heterocycles. The summed E-state index contributed by atoms with van der Waals surface area (Å²) in [4.78, 5) is 24.9. The van der Waals surface area contributed by atoms with Crippen LogP contribution in [0.4, 0.5) is 0 Å². The maximum Gasteiger partial charge on any atom is 0.339 e. The summed E-state index contributed by atoms with van der Waals surface area (Å²) in [6.07, 6.45) is -0.399. The second kappa shape index (κ2) is 8.09. The van der Waals surface area contributed by atoms with Gasteiger partial charge in [0.25, 0.3) is 5.91 Å². The molecule has 0 saturated carbocycles. The lowest BCUT2D eigenvalue weighted by Gasteiger charge is -2.25. The Morgan fingerprint density at radius 2 is 1.46 bits per heavy atom. The first-order valence-corrected chi connectivity index (χ1v) is 9.39. The van der Waals surface area contributed by atoms with Gasteiger partial charge in [-0.2, -0.15) is 0 Å². The van der Waals surface area contributed by atoms with Gasteiger partial charge in [0.1, 0.15) is 0 Å². The lowest BCUT2D eigenvalue weighted by atomic mass is 9.91. The number of hydrogen-bond acceptors (Lipinski definition) is 3. The molecule has 3 aromatic carbocycles. The highest BCUT2D eigenvalue weighted by atomic mass is 16.5. The van der Waals surface area contributed by atoms with Crippen molar-refractivity contribution in [3.8, 4) is 0 Å². The highest BCUT2D eigenvalue weighted by Gasteiger charge is 2.31. The summed E-state index contributed by atoms with van der Waals surface area (Å²) < 4.78 is 5.37. The lowest BCUT2D eigenvalue weighted by molar-refractivity contribution is -0.130. The highest BCUT2D eigenvalue weighted by molar-refractivity contribution is 5.95. The van der Waals surface area contributed by atoms with Crippen LogP contribution < -0.4 is 5.32 Å². The molecule has 140 valence electrons. The van der Waals surface area contributed by atoms with Gasteiger partial charge in [0, 0.05) is 18.9 Å². The molecule has 1 aliphatic heterocycles. The Morgan fingerprint density at radius 1 is 0.893 bits per heavy atom. The van der Waals surface area contributed by atoms with Crippen LogP contribution in [0.3, 0.4) is 0 Å². The van der Waals surface area contributed by atoms with Gasteiger partial charge in [-0.3, -0.25) is 4.79 Å². The number of amides is 1. The van der Waals surface area contributed by atoms with Crippen LogP contribution in [-0.2, 0) is 16.0 Å². The summed E-state index contributed by atoms with van der Waals surface area (Å²) in [5.74, 6) is -0.678. The van der Waals surface area contributed by atoms with Crippen molar-refractivity contribution in [2.75, 3.05) is 6.54 Å². The number of cyclic esters (lactones) is 1. The highest BCUT2D eigenvalue weighted by Crippen LogP contribution is 2.24. The summed E-state index contributed by atoms with van der Waals surface area (Å²) in [5.41, 5.74) is 3.64. The van der Waals surface area contributed by atoms with Gasteiger partial charge in [0.15, 0.2) is 6.10 Å². The average molecular weight is 371 g/mol. The second-order valence-electron chi connectivity index (χ2n) is 6.87. The van der Waals surface area contributed by atoms with Crippen molar-refractivity contribution in [3.63, 3.8) is 0 Å². The predicted octanol–water partition coefficient (Wildman–Crippen LogP) is 3.72. The quantitative estimate of drug-likeness (QED) is 0.696. The Morgan fingerprint density at radius 3 is 2.11 bits per heavy atom. The standard InChI is InChI=1S/C24H21NO3/c26-23(22-15-19-13-7-8-14-20(19)24(27)28-22)25-16-21(17-9-3-1-4-10-17)18-11-5-2-6-12-18/h1-14,21-22H,15-16H2,(H,25,26). The van der Waals surface area contributed by atoms with Gasteiger partial charge in [-0.1, -0.05) is 78.9 Å². The molecular weight excluding hydrogens is 350 g/mol. The number of rotatable bonds is 5. The van der Waals surface area contributed by atoms with Gasteiger partial charge in [0.2, 0.25) is 0 Å². The molecule has 3 aromatic rings. The van der Waals surface area contributed by atoms with Crippen LogP contribution in [0.5, 0.6) is 0 Å². The molecular formula is C24H21NO3. The van der Waals surface area contributed by atoms with E-state index in [-0.39, 0.29) is 11.8 Å². The van der Waals surface area contributed by atoms with Gasteiger partial charge in [-0.25, -0.2) is 4.79 Å². The third kappa shape index (κ3) is 3.81. The Labute approximate surface area is 164 Å². The maximum atomic E-state index is 12.7. The number of hydrogen-bond donors (Lipinski definition) is 1. The molecule has 28 heavy (non-hydrogen) atoms. The van der Waals surface area contributed by atoms with Crippen LogP contribution in [-0.4, -0.2) is 24.5 Å². The fourth-order valence-corrected chi connectivity index (χ4v) is 3.59. The van der Waals surface area contributed by atoms with Gasteiger partial charge in [0.05, 0.1) is 5.56 Å². The molecule has 0 aliphatic carbocycles. The van der Waals surface area contributed by atoms with E-state index in [9.17, 15) is 9.59 Å². The van der Waals surface area contributed by atoms with E-state index in [2.05, 4.69) is 29.6 Å². The van der Waals surface area contributed by atoms with Crippen LogP contribution in [0.2, 0.25) is 0 Å². The van der Waals surface area contributed by atoms with Crippen molar-refractivity contribution in [3.05, 3.63) is 107 Å². The van der Waals surface area contributed by atoms with E-state index in [4.69, 9.17) is 4.74 Å². The van der Waals surface area contributed by atoms with Crippen molar-refractivity contribution in [2.45, 2.75) is 18.4 Å². The molecule has 1 atom stereocenters. The predicted molar refractivity (Wildman–Crippen MR) is 107 cm³/mol. The first-order chi connectivity index (χ1) is 13.7. The summed E-state index contributed by atoms with van der Waals surface area (Å²) in [6, 6.07) is 27.4. The zero-order chi connectivity index (χ0) is 19.3. The number of esters is 1. The number of carbonyl (C=O) groups excluding carboxylic acids is 2. The molecule has 4 rings (SSSR count). The molecule has 0 fully saturated rings. The summed E-state index contributed by atoms with van der Waals surface area (Å²) in [7, 11) is 0. The third-order valence-electron chi connectivity index (χ3n) is 5.07. The van der Waals surface area contributed by atoms with Crippen molar-refractivity contribution in [1.82, 2.24) is 5.32 Å². The van der Waals surface area contributed by atoms with Gasteiger partial charge < -0.3 is 10.1 Å². The van der Waals surface area contributed by atoms with E-state index >= 15 is 0 Å².